The zero-order valence-electron chi connectivity index (χ0n) is 15.3. The summed E-state index contributed by atoms with van der Waals surface area (Å²) in [5, 5.41) is 0. The molecule has 0 saturated heterocycles. The molecule has 0 atom stereocenters. The van der Waals surface area contributed by atoms with Gasteiger partial charge < -0.3 is 9.64 Å². The molecule has 128 valence electrons. The molecule has 0 bridgehead atoms. The Balaban J connectivity index is 2.32. The van der Waals surface area contributed by atoms with Crippen LogP contribution in [0, 0.1) is 13.8 Å². The highest BCUT2D eigenvalue weighted by Gasteiger charge is 2.16. The SMILES string of the molecule is CCC(=O)N(C)c1cccc(CC)c1COc1ccc(C)cc1C. The number of nitrogens with zero attached hydrogens (tertiary/aromatic N) is 1. The van der Waals surface area contributed by atoms with Crippen LogP contribution < -0.4 is 9.64 Å². The zero-order valence-corrected chi connectivity index (χ0v) is 15.3. The predicted octanol–water partition coefficient (Wildman–Crippen LogP) is 4.82. The van der Waals surface area contributed by atoms with Crippen molar-refractivity contribution in [1.29, 1.82) is 0 Å². The van der Waals surface area contributed by atoms with E-state index < -0.39 is 0 Å². The quantitative estimate of drug-likeness (QED) is 0.762. The summed E-state index contributed by atoms with van der Waals surface area (Å²) >= 11 is 0. The van der Waals surface area contributed by atoms with Gasteiger partial charge in [0.15, 0.2) is 0 Å². The fourth-order valence-corrected chi connectivity index (χ4v) is 2.92. The van der Waals surface area contributed by atoms with Crippen LogP contribution in [0.3, 0.4) is 0 Å². The summed E-state index contributed by atoms with van der Waals surface area (Å²) in [5.74, 6) is 0.998. The maximum absolute atomic E-state index is 12.1. The lowest BCUT2D eigenvalue weighted by atomic mass is 10.0. The van der Waals surface area contributed by atoms with Crippen LogP contribution in [0.4, 0.5) is 5.69 Å². The zero-order chi connectivity index (χ0) is 17.7. The molecule has 3 nitrogen and oxygen atoms in total. The van der Waals surface area contributed by atoms with Crippen molar-refractivity contribution in [3.8, 4) is 5.75 Å². The van der Waals surface area contributed by atoms with Crippen molar-refractivity contribution in [2.24, 2.45) is 0 Å². The molecule has 2 aromatic rings. The van der Waals surface area contributed by atoms with Crippen LogP contribution in [0.15, 0.2) is 36.4 Å². The molecule has 0 aromatic heterocycles. The van der Waals surface area contributed by atoms with Gasteiger partial charge in [-0.05, 0) is 43.5 Å². The first-order chi connectivity index (χ1) is 11.5. The highest BCUT2D eigenvalue weighted by atomic mass is 16.5. The molecule has 0 spiro atoms. The molecule has 1 amide bonds. The normalized spacial score (nSPS) is 10.5. The van der Waals surface area contributed by atoms with Gasteiger partial charge >= 0.3 is 0 Å². The second kappa shape index (κ2) is 8.00. The Morgan fingerprint density at radius 3 is 2.50 bits per heavy atom. The van der Waals surface area contributed by atoms with Gasteiger partial charge in [-0.15, -0.1) is 0 Å². The Bertz CT molecular complexity index is 722. The first-order valence-corrected chi connectivity index (χ1v) is 8.55. The number of hydrogen-bond acceptors (Lipinski definition) is 2. The number of rotatable bonds is 6. The Kier molecular flexibility index (Phi) is 6.02. The molecule has 0 aliphatic rings. The predicted molar refractivity (Wildman–Crippen MR) is 99.8 cm³/mol. The van der Waals surface area contributed by atoms with E-state index >= 15 is 0 Å². The molecule has 0 heterocycles. The van der Waals surface area contributed by atoms with Crippen molar-refractivity contribution in [2.75, 3.05) is 11.9 Å². The number of carbonyl (C=O) groups is 1. The van der Waals surface area contributed by atoms with Crippen LogP contribution in [0.5, 0.6) is 5.75 Å². The number of benzene rings is 2. The molecule has 24 heavy (non-hydrogen) atoms. The molecular weight excluding hydrogens is 298 g/mol. The summed E-state index contributed by atoms with van der Waals surface area (Å²) < 4.78 is 6.09. The van der Waals surface area contributed by atoms with E-state index in [2.05, 4.69) is 39.0 Å². The van der Waals surface area contributed by atoms with Crippen molar-refractivity contribution in [2.45, 2.75) is 47.1 Å². The third-order valence-electron chi connectivity index (χ3n) is 4.37. The third-order valence-corrected chi connectivity index (χ3v) is 4.37. The minimum absolute atomic E-state index is 0.107. The Labute approximate surface area is 145 Å². The lowest BCUT2D eigenvalue weighted by Gasteiger charge is -2.23. The van der Waals surface area contributed by atoms with E-state index in [0.29, 0.717) is 13.0 Å². The van der Waals surface area contributed by atoms with Crippen LogP contribution in [0.25, 0.3) is 0 Å². The maximum Gasteiger partial charge on any atom is 0.226 e. The van der Waals surface area contributed by atoms with Crippen LogP contribution in [0.1, 0.15) is 42.5 Å². The van der Waals surface area contributed by atoms with Crippen molar-refractivity contribution >= 4 is 11.6 Å². The summed E-state index contributed by atoms with van der Waals surface area (Å²) in [7, 11) is 1.83. The van der Waals surface area contributed by atoms with Crippen molar-refractivity contribution in [3.63, 3.8) is 0 Å². The number of amides is 1. The topological polar surface area (TPSA) is 29.5 Å². The maximum atomic E-state index is 12.1. The van der Waals surface area contributed by atoms with Gasteiger partial charge in [0.2, 0.25) is 5.91 Å². The molecule has 0 radical (unpaired) electrons. The van der Waals surface area contributed by atoms with Gasteiger partial charge in [0.1, 0.15) is 12.4 Å². The van der Waals surface area contributed by atoms with Gasteiger partial charge in [-0.2, -0.15) is 0 Å². The van der Waals surface area contributed by atoms with E-state index in [1.165, 1.54) is 11.1 Å². The molecule has 2 rings (SSSR count). The Morgan fingerprint density at radius 1 is 1.12 bits per heavy atom. The number of anilines is 1. The van der Waals surface area contributed by atoms with Crippen molar-refractivity contribution in [3.05, 3.63) is 58.7 Å². The first kappa shape index (κ1) is 18.1. The van der Waals surface area contributed by atoms with E-state index in [4.69, 9.17) is 4.74 Å². The van der Waals surface area contributed by atoms with Gasteiger partial charge in [0, 0.05) is 19.0 Å². The highest BCUT2D eigenvalue weighted by Crippen LogP contribution is 2.27. The van der Waals surface area contributed by atoms with E-state index in [1.54, 1.807) is 4.90 Å². The molecular formula is C21H27NO2. The van der Waals surface area contributed by atoms with Gasteiger partial charge in [-0.1, -0.05) is 43.7 Å². The summed E-state index contributed by atoms with van der Waals surface area (Å²) in [4.78, 5) is 13.9. The molecule has 0 aliphatic heterocycles. The molecule has 3 heteroatoms. The van der Waals surface area contributed by atoms with Crippen molar-refractivity contribution in [1.82, 2.24) is 0 Å². The lowest BCUT2D eigenvalue weighted by Crippen LogP contribution is -2.26. The van der Waals surface area contributed by atoms with Gasteiger partial charge in [-0.3, -0.25) is 4.79 Å². The third kappa shape index (κ3) is 3.97. The van der Waals surface area contributed by atoms with E-state index in [1.807, 2.05) is 32.2 Å². The van der Waals surface area contributed by atoms with Gasteiger partial charge in [0.05, 0.1) is 5.69 Å². The largest absolute Gasteiger partial charge is 0.489 e. The van der Waals surface area contributed by atoms with Crippen LogP contribution in [0.2, 0.25) is 0 Å². The summed E-state index contributed by atoms with van der Waals surface area (Å²) in [6, 6.07) is 12.3. The molecule has 0 N–H and O–H groups in total. The number of hydrogen-bond donors (Lipinski definition) is 0. The minimum atomic E-state index is 0.107. The summed E-state index contributed by atoms with van der Waals surface area (Å²) in [6.07, 6.45) is 1.40. The smallest absolute Gasteiger partial charge is 0.226 e. The average Bonchev–Trinajstić information content (AvgIpc) is 2.59. The standard InChI is InChI=1S/C21H27NO2/c1-6-17-9-8-10-19(22(5)21(23)7-2)18(17)14-24-20-12-11-15(3)13-16(20)4/h8-13H,6-7,14H2,1-5H3. The average molecular weight is 325 g/mol. The van der Waals surface area contributed by atoms with Crippen LogP contribution >= 0.6 is 0 Å². The van der Waals surface area contributed by atoms with Crippen LogP contribution in [-0.4, -0.2) is 13.0 Å². The second-order valence-electron chi connectivity index (χ2n) is 6.13. The van der Waals surface area contributed by atoms with E-state index in [-0.39, 0.29) is 5.91 Å². The number of aryl methyl sites for hydroxylation is 3. The molecule has 0 aliphatic carbocycles. The number of ether oxygens (including phenoxy) is 1. The fraction of sp³-hybridized carbons (Fsp3) is 0.381. The van der Waals surface area contributed by atoms with E-state index in [9.17, 15) is 4.79 Å². The van der Waals surface area contributed by atoms with Crippen LogP contribution in [-0.2, 0) is 17.8 Å². The second-order valence-corrected chi connectivity index (χ2v) is 6.13. The van der Waals surface area contributed by atoms with Gasteiger partial charge in [-0.25, -0.2) is 0 Å². The molecule has 0 fully saturated rings. The Hall–Kier alpha value is -2.29. The minimum Gasteiger partial charge on any atom is -0.489 e. The fourth-order valence-electron chi connectivity index (χ4n) is 2.92. The van der Waals surface area contributed by atoms with Crippen molar-refractivity contribution < 1.29 is 9.53 Å². The number of carbonyl (C=O) groups excluding carboxylic acids is 1. The Morgan fingerprint density at radius 2 is 1.88 bits per heavy atom. The highest BCUT2D eigenvalue weighted by molar-refractivity contribution is 5.93. The summed E-state index contributed by atoms with van der Waals surface area (Å²) in [5.41, 5.74) is 5.59. The molecule has 2 aromatic carbocycles. The molecule has 0 saturated carbocycles. The lowest BCUT2D eigenvalue weighted by molar-refractivity contribution is -0.118. The van der Waals surface area contributed by atoms with E-state index in [0.717, 1.165) is 29.0 Å². The molecule has 0 unspecified atom stereocenters. The monoisotopic (exact) mass is 325 g/mol. The van der Waals surface area contributed by atoms with Gasteiger partial charge in [0.25, 0.3) is 0 Å². The summed E-state index contributed by atoms with van der Waals surface area (Å²) in [6.45, 7) is 8.61. The first-order valence-electron chi connectivity index (χ1n) is 8.55.